The van der Waals surface area contributed by atoms with Gasteiger partial charge in [0.2, 0.25) is 0 Å². The van der Waals surface area contributed by atoms with E-state index in [0.717, 1.165) is 29.7 Å². The predicted molar refractivity (Wildman–Crippen MR) is 120 cm³/mol. The number of fused-ring (bicyclic) bond motifs is 1. The number of hydrogen-bond donors (Lipinski definition) is 1. The number of carbonyl (C=O) groups excluding carboxylic acids is 4. The lowest BCUT2D eigenvalue weighted by atomic mass is 10.1. The Morgan fingerprint density at radius 2 is 1.85 bits per heavy atom. The van der Waals surface area contributed by atoms with E-state index in [1.54, 1.807) is 13.0 Å². The Labute approximate surface area is 195 Å². The summed E-state index contributed by atoms with van der Waals surface area (Å²) in [6, 6.07) is 4.58. The summed E-state index contributed by atoms with van der Waals surface area (Å²) in [7, 11) is 1.42. The van der Waals surface area contributed by atoms with Gasteiger partial charge in [-0.05, 0) is 56.9 Å². The van der Waals surface area contributed by atoms with Crippen molar-refractivity contribution < 1.29 is 38.1 Å². The first-order valence-electron chi connectivity index (χ1n) is 10.4. The van der Waals surface area contributed by atoms with E-state index in [2.05, 4.69) is 5.32 Å². The van der Waals surface area contributed by atoms with Gasteiger partial charge in [-0.15, -0.1) is 11.3 Å². The van der Waals surface area contributed by atoms with Crippen molar-refractivity contribution in [1.29, 1.82) is 0 Å². The highest BCUT2D eigenvalue weighted by Gasteiger charge is 2.28. The number of amides is 1. The van der Waals surface area contributed by atoms with E-state index in [-0.39, 0.29) is 18.1 Å². The number of ether oxygens (including phenoxy) is 4. The van der Waals surface area contributed by atoms with Gasteiger partial charge >= 0.3 is 11.9 Å². The van der Waals surface area contributed by atoms with E-state index in [1.165, 1.54) is 37.5 Å². The normalized spacial score (nSPS) is 12.0. The smallest absolute Gasteiger partial charge is 0.344 e. The van der Waals surface area contributed by atoms with Crippen LogP contribution in [0.3, 0.4) is 0 Å². The monoisotopic (exact) mass is 475 g/mol. The van der Waals surface area contributed by atoms with Crippen molar-refractivity contribution in [3.63, 3.8) is 0 Å². The lowest BCUT2D eigenvalue weighted by molar-refractivity contribution is -0.149. The lowest BCUT2D eigenvalue weighted by Crippen LogP contribution is -2.24. The first-order valence-corrected chi connectivity index (χ1v) is 11.2. The molecular weight excluding hydrogens is 450 g/mol. The number of methoxy groups -OCH3 is 1. The van der Waals surface area contributed by atoms with Crippen LogP contribution in [0.4, 0.5) is 5.00 Å². The number of thiophene rings is 1. The van der Waals surface area contributed by atoms with Gasteiger partial charge in [0.1, 0.15) is 5.00 Å². The van der Waals surface area contributed by atoms with Gasteiger partial charge in [-0.25, -0.2) is 9.59 Å². The van der Waals surface area contributed by atoms with Crippen LogP contribution >= 0.6 is 11.3 Å². The Kier molecular flexibility index (Phi) is 8.05. The zero-order chi connectivity index (χ0) is 24.0. The molecule has 1 aromatic carbocycles. The highest BCUT2D eigenvalue weighted by Crippen LogP contribution is 2.39. The summed E-state index contributed by atoms with van der Waals surface area (Å²) in [4.78, 5) is 49.2. The van der Waals surface area contributed by atoms with Crippen molar-refractivity contribution >= 4 is 40.0 Å². The van der Waals surface area contributed by atoms with Gasteiger partial charge in [-0.2, -0.15) is 0 Å². The topological polar surface area (TPSA) is 117 Å². The Balaban J connectivity index is 1.54. The lowest BCUT2D eigenvalue weighted by Gasteiger charge is -2.11. The molecule has 1 aliphatic carbocycles. The third kappa shape index (κ3) is 5.89. The number of anilines is 1. The highest BCUT2D eigenvalue weighted by molar-refractivity contribution is 7.17. The number of Topliss-reactive ketones (excluding diaryl/α,β-unsaturated/α-hetero) is 1. The van der Waals surface area contributed by atoms with Gasteiger partial charge in [0.05, 0.1) is 19.3 Å². The van der Waals surface area contributed by atoms with Gasteiger partial charge in [-0.3, -0.25) is 9.59 Å². The fourth-order valence-corrected chi connectivity index (χ4v) is 4.70. The maximum atomic E-state index is 12.4. The molecule has 1 aromatic heterocycles. The quantitative estimate of drug-likeness (QED) is 0.411. The average molecular weight is 476 g/mol. The van der Waals surface area contributed by atoms with Crippen LogP contribution < -0.4 is 14.8 Å². The van der Waals surface area contributed by atoms with E-state index in [1.807, 2.05) is 0 Å². The molecule has 10 heteroatoms. The number of esters is 2. The largest absolute Gasteiger partial charge is 0.493 e. The fraction of sp³-hybridized carbons (Fsp3) is 0.391. The zero-order valence-electron chi connectivity index (χ0n) is 18.6. The summed E-state index contributed by atoms with van der Waals surface area (Å²) in [5.41, 5.74) is 1.75. The van der Waals surface area contributed by atoms with Crippen molar-refractivity contribution in [3.05, 3.63) is 39.8 Å². The van der Waals surface area contributed by atoms with Crippen molar-refractivity contribution in [2.24, 2.45) is 0 Å². The Hall–Kier alpha value is -3.40. The number of nitrogens with one attached hydrogen (secondary N) is 1. The van der Waals surface area contributed by atoms with Crippen LogP contribution in [0.1, 0.15) is 51.4 Å². The summed E-state index contributed by atoms with van der Waals surface area (Å²) < 4.78 is 20.7. The van der Waals surface area contributed by atoms with Crippen LogP contribution in [0, 0.1) is 0 Å². The molecule has 1 aliphatic rings. The number of rotatable bonds is 10. The molecule has 0 saturated heterocycles. The van der Waals surface area contributed by atoms with Gasteiger partial charge in [0.15, 0.2) is 30.5 Å². The van der Waals surface area contributed by atoms with Crippen molar-refractivity contribution in [3.8, 4) is 11.5 Å². The summed E-state index contributed by atoms with van der Waals surface area (Å²) in [5.74, 6) is -1.38. The highest BCUT2D eigenvalue weighted by atomic mass is 32.1. The average Bonchev–Trinajstić information content (AvgIpc) is 3.36. The van der Waals surface area contributed by atoms with Crippen LogP contribution in [0.25, 0.3) is 0 Å². The van der Waals surface area contributed by atoms with Gasteiger partial charge in [0, 0.05) is 10.4 Å². The van der Waals surface area contributed by atoms with E-state index in [0.29, 0.717) is 21.9 Å². The van der Waals surface area contributed by atoms with E-state index < -0.39 is 31.1 Å². The number of aryl methyl sites for hydroxylation is 1. The second kappa shape index (κ2) is 11.0. The summed E-state index contributed by atoms with van der Waals surface area (Å²) in [6.07, 6.45) is 2.58. The molecule has 0 unspecified atom stereocenters. The van der Waals surface area contributed by atoms with E-state index in [9.17, 15) is 19.2 Å². The molecule has 1 N–H and O–H groups in total. The van der Waals surface area contributed by atoms with Gasteiger partial charge in [-0.1, -0.05) is 0 Å². The molecule has 0 radical (unpaired) electrons. The molecule has 1 heterocycles. The third-order valence-electron chi connectivity index (χ3n) is 4.93. The number of hydrogen-bond acceptors (Lipinski definition) is 9. The summed E-state index contributed by atoms with van der Waals surface area (Å²) in [5, 5.41) is 3.06. The molecule has 0 atom stereocenters. The first kappa shape index (κ1) is 24.2. The van der Waals surface area contributed by atoms with E-state index >= 15 is 0 Å². The standard InChI is InChI=1S/C23H25NO8S/c1-4-30-23(28)21-15-6-5-7-18(15)33-22(21)24-19(26)11-32-20(27)12-31-16-9-8-14(13(2)25)10-17(16)29-3/h8-10H,4-7,11-12H2,1-3H3,(H,24,26). The number of ketones is 1. The molecule has 0 bridgehead atoms. The molecule has 0 spiro atoms. The van der Waals surface area contributed by atoms with Crippen molar-refractivity contribution in [2.45, 2.75) is 33.1 Å². The maximum Gasteiger partial charge on any atom is 0.344 e. The Bertz CT molecular complexity index is 1070. The summed E-state index contributed by atoms with van der Waals surface area (Å²) >= 11 is 1.34. The van der Waals surface area contributed by atoms with Crippen LogP contribution in [0.5, 0.6) is 11.5 Å². The fourth-order valence-electron chi connectivity index (χ4n) is 3.40. The predicted octanol–water partition coefficient (Wildman–Crippen LogP) is 3.19. The molecule has 3 rings (SSSR count). The van der Waals surface area contributed by atoms with E-state index in [4.69, 9.17) is 18.9 Å². The second-order valence-corrected chi connectivity index (χ2v) is 8.31. The van der Waals surface area contributed by atoms with Crippen molar-refractivity contribution in [1.82, 2.24) is 0 Å². The molecule has 0 aliphatic heterocycles. The third-order valence-corrected chi connectivity index (χ3v) is 6.14. The van der Waals surface area contributed by atoms with Crippen LogP contribution in [-0.2, 0) is 31.9 Å². The molecular formula is C23H25NO8S. The van der Waals surface area contributed by atoms with Crippen LogP contribution in [0.2, 0.25) is 0 Å². The number of benzene rings is 1. The second-order valence-electron chi connectivity index (χ2n) is 7.20. The Morgan fingerprint density at radius 3 is 2.55 bits per heavy atom. The van der Waals surface area contributed by atoms with Crippen LogP contribution in [-0.4, -0.2) is 50.6 Å². The zero-order valence-corrected chi connectivity index (χ0v) is 19.5. The minimum Gasteiger partial charge on any atom is -0.493 e. The molecule has 176 valence electrons. The first-order chi connectivity index (χ1) is 15.8. The number of carbonyl (C=O) groups is 4. The molecule has 9 nitrogen and oxygen atoms in total. The van der Waals surface area contributed by atoms with Crippen LogP contribution in [0.15, 0.2) is 18.2 Å². The van der Waals surface area contributed by atoms with Gasteiger partial charge in [0.25, 0.3) is 5.91 Å². The minimum absolute atomic E-state index is 0.132. The molecule has 0 fully saturated rings. The molecule has 0 saturated carbocycles. The van der Waals surface area contributed by atoms with Gasteiger partial charge < -0.3 is 24.3 Å². The molecule has 33 heavy (non-hydrogen) atoms. The SMILES string of the molecule is CCOC(=O)c1c(NC(=O)COC(=O)COc2ccc(C(C)=O)cc2OC)sc2c1CCC2. The van der Waals surface area contributed by atoms with Crippen molar-refractivity contribution in [2.75, 3.05) is 32.2 Å². The molecule has 1 amide bonds. The maximum absolute atomic E-state index is 12.4. The Morgan fingerprint density at radius 1 is 1.06 bits per heavy atom. The minimum atomic E-state index is -0.762. The summed E-state index contributed by atoms with van der Waals surface area (Å²) in [6.45, 7) is 2.39. The molecule has 2 aromatic rings.